The van der Waals surface area contributed by atoms with Crippen molar-refractivity contribution in [2.45, 2.75) is 19.0 Å². The highest BCUT2D eigenvalue weighted by Gasteiger charge is 2.17. The van der Waals surface area contributed by atoms with Crippen molar-refractivity contribution >= 4 is 35.5 Å². The zero-order valence-corrected chi connectivity index (χ0v) is 21.3. The molecule has 0 aliphatic rings. The second kappa shape index (κ2) is 11.7. The number of rotatable bonds is 9. The Morgan fingerprint density at radius 3 is 2.61 bits per heavy atom. The van der Waals surface area contributed by atoms with Gasteiger partial charge in [0.1, 0.15) is 0 Å². The molecule has 4 aromatic rings. The first kappa shape index (κ1) is 25.3. The quantitative estimate of drug-likeness (QED) is 0.177. The molecule has 2 N–H and O–H groups in total. The van der Waals surface area contributed by atoms with E-state index in [2.05, 4.69) is 20.7 Å². The summed E-state index contributed by atoms with van der Waals surface area (Å²) >= 11 is 7.31. The Bertz CT molecular complexity index is 1370. The van der Waals surface area contributed by atoms with Gasteiger partial charge in [0.15, 0.2) is 22.5 Å². The molecule has 4 rings (SSSR count). The van der Waals surface area contributed by atoms with Crippen LogP contribution in [-0.2, 0) is 4.79 Å². The van der Waals surface area contributed by atoms with Crippen LogP contribution in [0.3, 0.4) is 0 Å². The summed E-state index contributed by atoms with van der Waals surface area (Å²) in [6.07, 6.45) is 1.37. The second-order valence-corrected chi connectivity index (χ2v) is 9.07. The van der Waals surface area contributed by atoms with E-state index in [1.54, 1.807) is 30.3 Å². The second-order valence-electron chi connectivity index (χ2n) is 7.69. The van der Waals surface area contributed by atoms with Gasteiger partial charge in [0.05, 0.1) is 18.6 Å². The summed E-state index contributed by atoms with van der Waals surface area (Å²) in [7, 11) is 0. The van der Waals surface area contributed by atoms with E-state index in [1.807, 2.05) is 54.8 Å². The molecule has 0 spiro atoms. The van der Waals surface area contributed by atoms with Crippen molar-refractivity contribution in [2.75, 3.05) is 12.4 Å². The first-order valence-corrected chi connectivity index (χ1v) is 12.5. The first-order valence-electron chi connectivity index (χ1n) is 11.1. The average Bonchev–Trinajstić information content (AvgIpc) is 3.30. The lowest BCUT2D eigenvalue weighted by atomic mass is 10.1. The molecule has 1 aromatic heterocycles. The number of halogens is 1. The van der Waals surface area contributed by atoms with Gasteiger partial charge in [-0.05, 0) is 50.2 Å². The highest BCUT2D eigenvalue weighted by molar-refractivity contribution is 7.99. The number of amides is 1. The van der Waals surface area contributed by atoms with Crippen LogP contribution in [-0.4, -0.2) is 44.4 Å². The van der Waals surface area contributed by atoms with Gasteiger partial charge in [0, 0.05) is 21.8 Å². The number of nitrogens with zero attached hydrogens (tertiary/aromatic N) is 4. The molecular formula is C26H24ClN5O3S. The van der Waals surface area contributed by atoms with Crippen LogP contribution in [0.4, 0.5) is 0 Å². The molecule has 0 aliphatic heterocycles. The van der Waals surface area contributed by atoms with Crippen LogP contribution >= 0.6 is 23.4 Å². The molecule has 0 atom stereocenters. The van der Waals surface area contributed by atoms with Gasteiger partial charge in [0.25, 0.3) is 5.91 Å². The Labute approximate surface area is 218 Å². The van der Waals surface area contributed by atoms with Crippen molar-refractivity contribution < 1.29 is 14.6 Å². The van der Waals surface area contributed by atoms with Crippen molar-refractivity contribution in [3.05, 3.63) is 82.9 Å². The number of phenolic OH excluding ortho intramolecular Hbond substituents is 1. The summed E-state index contributed by atoms with van der Waals surface area (Å²) < 4.78 is 7.25. The number of hydrazone groups is 1. The summed E-state index contributed by atoms with van der Waals surface area (Å²) in [4.78, 5) is 12.5. The van der Waals surface area contributed by atoms with Crippen LogP contribution in [0.1, 0.15) is 18.1 Å². The number of thioether (sulfide) groups is 1. The molecule has 184 valence electrons. The Hall–Kier alpha value is -3.82. The maximum Gasteiger partial charge on any atom is 0.250 e. The number of aromatic hydroxyl groups is 1. The highest BCUT2D eigenvalue weighted by Crippen LogP contribution is 2.30. The van der Waals surface area contributed by atoms with E-state index in [0.717, 1.165) is 16.8 Å². The van der Waals surface area contributed by atoms with Crippen molar-refractivity contribution in [1.29, 1.82) is 0 Å². The molecule has 1 amide bonds. The minimum absolute atomic E-state index is 0.0357. The number of carbonyl (C=O) groups is 1. The number of hydrogen-bond donors (Lipinski definition) is 2. The smallest absolute Gasteiger partial charge is 0.250 e. The zero-order valence-electron chi connectivity index (χ0n) is 19.7. The van der Waals surface area contributed by atoms with Crippen molar-refractivity contribution in [2.24, 2.45) is 5.10 Å². The van der Waals surface area contributed by atoms with E-state index >= 15 is 0 Å². The molecule has 36 heavy (non-hydrogen) atoms. The lowest BCUT2D eigenvalue weighted by molar-refractivity contribution is -0.118. The SMILES string of the molecule is CCOc1cccc(C=NNC(=O)CSc2nnc(-c3ccc(C)cc3)n2-c2ccc(Cl)cc2)c1O. The minimum atomic E-state index is -0.334. The number of aromatic nitrogens is 3. The Morgan fingerprint density at radius 1 is 1.14 bits per heavy atom. The van der Waals surface area contributed by atoms with E-state index in [1.165, 1.54) is 18.0 Å². The van der Waals surface area contributed by atoms with Crippen molar-refractivity contribution in [3.8, 4) is 28.6 Å². The van der Waals surface area contributed by atoms with Gasteiger partial charge in [-0.25, -0.2) is 5.43 Å². The molecule has 0 saturated carbocycles. The van der Waals surface area contributed by atoms with Gasteiger partial charge >= 0.3 is 0 Å². The first-order chi connectivity index (χ1) is 17.5. The van der Waals surface area contributed by atoms with Crippen LogP contribution in [0, 0.1) is 6.92 Å². The van der Waals surface area contributed by atoms with Crippen LogP contribution < -0.4 is 10.2 Å². The third kappa shape index (κ3) is 6.05. The topological polar surface area (TPSA) is 102 Å². The zero-order chi connectivity index (χ0) is 25.5. The molecule has 0 unspecified atom stereocenters. The molecule has 8 nitrogen and oxygen atoms in total. The van der Waals surface area contributed by atoms with E-state index in [9.17, 15) is 9.90 Å². The fraction of sp³-hybridized carbons (Fsp3) is 0.154. The molecule has 0 saturated heterocycles. The summed E-state index contributed by atoms with van der Waals surface area (Å²) in [5.74, 6) is 0.699. The van der Waals surface area contributed by atoms with Gasteiger partial charge in [-0.2, -0.15) is 5.10 Å². The summed E-state index contributed by atoms with van der Waals surface area (Å²) in [6, 6.07) is 20.4. The third-order valence-electron chi connectivity index (χ3n) is 5.08. The minimum Gasteiger partial charge on any atom is -0.504 e. The largest absolute Gasteiger partial charge is 0.504 e. The summed E-state index contributed by atoms with van der Waals surface area (Å²) in [5, 5.41) is 24.1. The van der Waals surface area contributed by atoms with E-state index in [0.29, 0.717) is 33.9 Å². The Balaban J connectivity index is 1.49. The average molecular weight is 522 g/mol. The van der Waals surface area contributed by atoms with Crippen LogP contribution in [0.15, 0.2) is 77.0 Å². The van der Waals surface area contributed by atoms with Gasteiger partial charge in [0.2, 0.25) is 0 Å². The standard InChI is InChI=1S/C26H24ClN5O3S/c1-3-35-22-6-4-5-19(24(22)34)15-28-29-23(33)16-36-26-31-30-25(18-9-7-17(2)8-10-18)32(26)21-13-11-20(27)12-14-21/h4-15,34H,3,16H2,1-2H3,(H,29,33). The fourth-order valence-corrected chi connectivity index (χ4v) is 4.20. The third-order valence-corrected chi connectivity index (χ3v) is 6.26. The number of hydrogen-bond acceptors (Lipinski definition) is 7. The van der Waals surface area contributed by atoms with Crippen LogP contribution in [0.25, 0.3) is 17.1 Å². The number of ether oxygens (including phenoxy) is 1. The van der Waals surface area contributed by atoms with Crippen molar-refractivity contribution in [1.82, 2.24) is 20.2 Å². The molecule has 0 fully saturated rings. The lowest BCUT2D eigenvalue weighted by Crippen LogP contribution is -2.20. The van der Waals surface area contributed by atoms with Gasteiger partial charge in [-0.1, -0.05) is 59.3 Å². The highest BCUT2D eigenvalue weighted by atomic mass is 35.5. The van der Waals surface area contributed by atoms with Crippen molar-refractivity contribution in [3.63, 3.8) is 0 Å². The molecule has 0 bridgehead atoms. The lowest BCUT2D eigenvalue weighted by Gasteiger charge is -2.10. The number of phenols is 1. The van der Waals surface area contributed by atoms with Gasteiger partial charge in [-0.3, -0.25) is 9.36 Å². The summed E-state index contributed by atoms with van der Waals surface area (Å²) in [5.41, 5.74) is 5.77. The number of benzene rings is 3. The maximum absolute atomic E-state index is 12.5. The fourth-order valence-electron chi connectivity index (χ4n) is 3.33. The Morgan fingerprint density at radius 2 is 1.89 bits per heavy atom. The number of carbonyl (C=O) groups excluding carboxylic acids is 1. The predicted octanol–water partition coefficient (Wildman–Crippen LogP) is 5.24. The van der Waals surface area contributed by atoms with Crippen LogP contribution in [0.5, 0.6) is 11.5 Å². The van der Waals surface area contributed by atoms with E-state index in [-0.39, 0.29) is 17.4 Å². The number of nitrogens with one attached hydrogen (secondary N) is 1. The molecule has 0 radical (unpaired) electrons. The molecule has 0 aliphatic carbocycles. The maximum atomic E-state index is 12.5. The van der Waals surface area contributed by atoms with Gasteiger partial charge < -0.3 is 9.84 Å². The van der Waals surface area contributed by atoms with Gasteiger partial charge in [-0.15, -0.1) is 10.2 Å². The monoisotopic (exact) mass is 521 g/mol. The normalized spacial score (nSPS) is 11.1. The van der Waals surface area contributed by atoms with E-state index in [4.69, 9.17) is 16.3 Å². The molecule has 1 heterocycles. The number of para-hydroxylation sites is 1. The molecular weight excluding hydrogens is 498 g/mol. The number of aryl methyl sites for hydroxylation is 1. The van der Waals surface area contributed by atoms with E-state index < -0.39 is 0 Å². The summed E-state index contributed by atoms with van der Waals surface area (Å²) in [6.45, 7) is 4.27. The predicted molar refractivity (Wildman–Crippen MR) is 142 cm³/mol. The van der Waals surface area contributed by atoms with Crippen LogP contribution in [0.2, 0.25) is 5.02 Å². The Kier molecular flexibility index (Phi) is 8.24. The molecule has 10 heteroatoms. The molecule has 3 aromatic carbocycles.